The van der Waals surface area contributed by atoms with Crippen LogP contribution in [0.5, 0.6) is 5.88 Å². The van der Waals surface area contributed by atoms with Crippen LogP contribution in [0.15, 0.2) is 18.3 Å². The van der Waals surface area contributed by atoms with Crippen molar-refractivity contribution < 1.29 is 4.74 Å². The minimum absolute atomic E-state index is 0.494. The molecule has 1 aromatic rings. The van der Waals surface area contributed by atoms with E-state index in [9.17, 15) is 0 Å². The average Bonchev–Trinajstić information content (AvgIpc) is 2.38. The molecule has 1 saturated carbocycles. The standard InChI is InChI=1S/C13H20N2O/c14-9-12-7-4-8-15-13(12)16-10-11-5-2-1-3-6-11/h4,7-8,11H,1-3,5-6,9-10,14H2. The van der Waals surface area contributed by atoms with E-state index >= 15 is 0 Å². The number of aromatic nitrogens is 1. The molecule has 0 saturated heterocycles. The van der Waals surface area contributed by atoms with Crippen LogP contribution >= 0.6 is 0 Å². The lowest BCUT2D eigenvalue weighted by Crippen LogP contribution is -2.16. The van der Waals surface area contributed by atoms with Gasteiger partial charge in [-0.1, -0.05) is 25.3 Å². The van der Waals surface area contributed by atoms with Gasteiger partial charge in [-0.3, -0.25) is 0 Å². The largest absolute Gasteiger partial charge is 0.477 e. The number of nitrogens with zero attached hydrogens (tertiary/aromatic N) is 1. The van der Waals surface area contributed by atoms with Crippen LogP contribution < -0.4 is 10.5 Å². The van der Waals surface area contributed by atoms with Crippen molar-refractivity contribution in [1.82, 2.24) is 4.98 Å². The van der Waals surface area contributed by atoms with E-state index in [4.69, 9.17) is 10.5 Å². The van der Waals surface area contributed by atoms with Gasteiger partial charge < -0.3 is 10.5 Å². The van der Waals surface area contributed by atoms with Gasteiger partial charge in [0.25, 0.3) is 0 Å². The van der Waals surface area contributed by atoms with E-state index in [1.807, 2.05) is 12.1 Å². The van der Waals surface area contributed by atoms with Crippen LogP contribution in [-0.4, -0.2) is 11.6 Å². The normalized spacial score (nSPS) is 17.3. The van der Waals surface area contributed by atoms with Gasteiger partial charge in [0, 0.05) is 18.3 Å². The van der Waals surface area contributed by atoms with Gasteiger partial charge in [-0.25, -0.2) is 4.98 Å². The fourth-order valence-electron chi connectivity index (χ4n) is 2.26. The molecule has 0 amide bonds. The van der Waals surface area contributed by atoms with Gasteiger partial charge in [-0.2, -0.15) is 0 Å². The first-order chi connectivity index (χ1) is 7.90. The molecule has 1 fully saturated rings. The number of hydrogen-bond acceptors (Lipinski definition) is 3. The zero-order chi connectivity index (χ0) is 11.2. The molecule has 1 aromatic heterocycles. The molecular weight excluding hydrogens is 200 g/mol. The summed E-state index contributed by atoms with van der Waals surface area (Å²) in [4.78, 5) is 4.23. The molecule has 88 valence electrons. The van der Waals surface area contributed by atoms with E-state index in [1.165, 1.54) is 32.1 Å². The Morgan fingerprint density at radius 2 is 2.12 bits per heavy atom. The van der Waals surface area contributed by atoms with Crippen LogP contribution in [-0.2, 0) is 6.54 Å². The van der Waals surface area contributed by atoms with Crippen molar-refractivity contribution in [1.29, 1.82) is 0 Å². The minimum atomic E-state index is 0.494. The monoisotopic (exact) mass is 220 g/mol. The highest BCUT2D eigenvalue weighted by atomic mass is 16.5. The zero-order valence-electron chi connectivity index (χ0n) is 9.69. The second-order valence-corrected chi connectivity index (χ2v) is 4.49. The molecule has 0 aliphatic heterocycles. The third-order valence-corrected chi connectivity index (χ3v) is 3.25. The fourth-order valence-corrected chi connectivity index (χ4v) is 2.26. The highest BCUT2D eigenvalue weighted by molar-refractivity contribution is 5.24. The van der Waals surface area contributed by atoms with E-state index in [1.54, 1.807) is 6.20 Å². The Labute approximate surface area is 97.0 Å². The van der Waals surface area contributed by atoms with Crippen molar-refractivity contribution in [2.24, 2.45) is 11.7 Å². The average molecular weight is 220 g/mol. The van der Waals surface area contributed by atoms with Crippen LogP contribution in [0.4, 0.5) is 0 Å². The summed E-state index contributed by atoms with van der Waals surface area (Å²) in [7, 11) is 0. The first kappa shape index (κ1) is 11.4. The molecule has 16 heavy (non-hydrogen) atoms. The summed E-state index contributed by atoms with van der Waals surface area (Å²) in [6.07, 6.45) is 8.43. The molecule has 0 unspecified atom stereocenters. The van der Waals surface area contributed by atoms with Gasteiger partial charge in [-0.05, 0) is 24.8 Å². The Bertz CT molecular complexity index is 321. The molecule has 2 N–H and O–H groups in total. The van der Waals surface area contributed by atoms with Crippen molar-refractivity contribution in [3.05, 3.63) is 23.9 Å². The van der Waals surface area contributed by atoms with E-state index in [0.717, 1.165) is 18.1 Å². The molecule has 1 heterocycles. The third-order valence-electron chi connectivity index (χ3n) is 3.25. The molecular formula is C13H20N2O. The summed E-state index contributed by atoms with van der Waals surface area (Å²) in [6.45, 7) is 1.29. The van der Waals surface area contributed by atoms with Gasteiger partial charge in [-0.15, -0.1) is 0 Å². The molecule has 0 atom stereocenters. The smallest absolute Gasteiger partial charge is 0.217 e. The highest BCUT2D eigenvalue weighted by Gasteiger charge is 2.14. The second kappa shape index (κ2) is 5.85. The maximum atomic E-state index is 5.78. The number of nitrogens with two attached hydrogens (primary N) is 1. The van der Waals surface area contributed by atoms with Crippen molar-refractivity contribution in [2.45, 2.75) is 38.6 Å². The quantitative estimate of drug-likeness (QED) is 0.848. The summed E-state index contributed by atoms with van der Waals surface area (Å²) >= 11 is 0. The van der Waals surface area contributed by atoms with E-state index in [2.05, 4.69) is 4.98 Å². The van der Waals surface area contributed by atoms with Gasteiger partial charge in [0.05, 0.1) is 6.61 Å². The van der Waals surface area contributed by atoms with Crippen LogP contribution in [0, 0.1) is 5.92 Å². The van der Waals surface area contributed by atoms with Crippen LogP contribution in [0.25, 0.3) is 0 Å². The fraction of sp³-hybridized carbons (Fsp3) is 0.615. The van der Waals surface area contributed by atoms with Gasteiger partial charge >= 0.3 is 0 Å². The first-order valence-corrected chi connectivity index (χ1v) is 6.17. The van der Waals surface area contributed by atoms with Crippen molar-refractivity contribution >= 4 is 0 Å². The summed E-state index contributed by atoms with van der Waals surface area (Å²) in [6, 6.07) is 3.87. The second-order valence-electron chi connectivity index (χ2n) is 4.49. The Kier molecular flexibility index (Phi) is 4.17. The molecule has 3 nitrogen and oxygen atoms in total. The van der Waals surface area contributed by atoms with Crippen LogP contribution in [0.1, 0.15) is 37.7 Å². The van der Waals surface area contributed by atoms with Gasteiger partial charge in [0.15, 0.2) is 0 Å². The van der Waals surface area contributed by atoms with Crippen molar-refractivity contribution in [3.63, 3.8) is 0 Å². The third kappa shape index (κ3) is 2.95. The molecule has 3 heteroatoms. The SMILES string of the molecule is NCc1cccnc1OCC1CCCCC1. The number of pyridine rings is 1. The minimum Gasteiger partial charge on any atom is -0.477 e. The number of ether oxygens (including phenoxy) is 1. The Hall–Kier alpha value is -1.09. The lowest BCUT2D eigenvalue weighted by Gasteiger charge is -2.21. The van der Waals surface area contributed by atoms with Crippen molar-refractivity contribution in [3.8, 4) is 5.88 Å². The topological polar surface area (TPSA) is 48.1 Å². The first-order valence-electron chi connectivity index (χ1n) is 6.17. The lowest BCUT2D eigenvalue weighted by molar-refractivity contribution is 0.201. The molecule has 0 radical (unpaired) electrons. The maximum absolute atomic E-state index is 5.78. The predicted molar refractivity (Wildman–Crippen MR) is 64.2 cm³/mol. The van der Waals surface area contributed by atoms with Gasteiger partial charge in [0.2, 0.25) is 5.88 Å². The molecule has 0 bridgehead atoms. The highest BCUT2D eigenvalue weighted by Crippen LogP contribution is 2.24. The Balaban J connectivity index is 1.88. The summed E-state index contributed by atoms with van der Waals surface area (Å²) in [5.41, 5.74) is 6.64. The van der Waals surface area contributed by atoms with Crippen LogP contribution in [0.3, 0.4) is 0 Å². The number of hydrogen-bond donors (Lipinski definition) is 1. The maximum Gasteiger partial charge on any atom is 0.217 e. The summed E-state index contributed by atoms with van der Waals surface area (Å²) in [5.74, 6) is 1.43. The number of rotatable bonds is 4. The van der Waals surface area contributed by atoms with E-state index < -0.39 is 0 Å². The Morgan fingerprint density at radius 3 is 2.88 bits per heavy atom. The molecule has 1 aliphatic rings. The molecule has 0 aromatic carbocycles. The van der Waals surface area contributed by atoms with Crippen molar-refractivity contribution in [2.75, 3.05) is 6.61 Å². The lowest BCUT2D eigenvalue weighted by atomic mass is 9.90. The molecule has 1 aliphatic carbocycles. The predicted octanol–water partition coefficient (Wildman–Crippen LogP) is 2.50. The molecule has 2 rings (SSSR count). The van der Waals surface area contributed by atoms with Gasteiger partial charge in [0.1, 0.15) is 0 Å². The van der Waals surface area contributed by atoms with Crippen LogP contribution in [0.2, 0.25) is 0 Å². The van der Waals surface area contributed by atoms with E-state index in [-0.39, 0.29) is 0 Å². The zero-order valence-corrected chi connectivity index (χ0v) is 9.69. The van der Waals surface area contributed by atoms with E-state index in [0.29, 0.717) is 12.5 Å². The summed E-state index contributed by atoms with van der Waals surface area (Å²) < 4.78 is 5.78. The Morgan fingerprint density at radius 1 is 1.31 bits per heavy atom. The summed E-state index contributed by atoms with van der Waals surface area (Å²) in [5, 5.41) is 0. The molecule has 0 spiro atoms.